The second kappa shape index (κ2) is 8.12. The maximum absolute atomic E-state index is 12.6. The highest BCUT2D eigenvalue weighted by Crippen LogP contribution is 2.38. The Morgan fingerprint density at radius 3 is 2.36 bits per heavy atom. The van der Waals surface area contributed by atoms with E-state index in [0.29, 0.717) is 18.5 Å². The van der Waals surface area contributed by atoms with Crippen molar-refractivity contribution in [1.29, 1.82) is 0 Å². The van der Waals surface area contributed by atoms with E-state index in [9.17, 15) is 19.2 Å². The quantitative estimate of drug-likeness (QED) is 0.619. The number of anilines is 1. The number of imide groups is 1. The molecule has 0 spiro atoms. The second-order valence-corrected chi connectivity index (χ2v) is 7.69. The summed E-state index contributed by atoms with van der Waals surface area (Å²) in [7, 11) is 0. The number of carbonyl (C=O) groups is 4. The maximum Gasteiger partial charge on any atom is 0.329 e. The summed E-state index contributed by atoms with van der Waals surface area (Å²) in [5.41, 5.74) is 2.55. The molecule has 1 saturated heterocycles. The smallest absolute Gasteiger partial charge is 0.329 e. The zero-order valence-corrected chi connectivity index (χ0v) is 16.5. The van der Waals surface area contributed by atoms with Crippen LogP contribution >= 0.6 is 0 Å². The Bertz CT molecular complexity index is 795. The number of amides is 3. The van der Waals surface area contributed by atoms with Crippen molar-refractivity contribution >= 4 is 29.4 Å². The summed E-state index contributed by atoms with van der Waals surface area (Å²) in [6, 6.07) is 4.64. The van der Waals surface area contributed by atoms with Crippen molar-refractivity contribution < 1.29 is 23.9 Å². The summed E-state index contributed by atoms with van der Waals surface area (Å²) in [5.74, 6) is -2.44. The van der Waals surface area contributed by atoms with Crippen LogP contribution in [0.4, 0.5) is 5.69 Å². The summed E-state index contributed by atoms with van der Waals surface area (Å²) in [4.78, 5) is 50.6. The van der Waals surface area contributed by atoms with Crippen molar-refractivity contribution in [2.75, 3.05) is 11.9 Å². The summed E-state index contributed by atoms with van der Waals surface area (Å²) < 4.78 is 5.07. The van der Waals surface area contributed by atoms with Gasteiger partial charge in [-0.1, -0.05) is 25.0 Å². The molecule has 0 bridgehead atoms. The predicted molar refractivity (Wildman–Crippen MR) is 102 cm³/mol. The van der Waals surface area contributed by atoms with Gasteiger partial charge in [-0.2, -0.15) is 0 Å². The van der Waals surface area contributed by atoms with Gasteiger partial charge in [-0.3, -0.25) is 19.3 Å². The Hall–Kier alpha value is -2.70. The molecule has 1 aromatic carbocycles. The van der Waals surface area contributed by atoms with Crippen LogP contribution < -0.4 is 5.32 Å². The highest BCUT2D eigenvalue weighted by molar-refractivity contribution is 6.08. The fraction of sp³-hybridized carbons (Fsp3) is 0.524. The monoisotopic (exact) mass is 386 g/mol. The first-order valence-corrected chi connectivity index (χ1v) is 9.70. The van der Waals surface area contributed by atoms with Gasteiger partial charge in [-0.25, -0.2) is 4.79 Å². The van der Waals surface area contributed by atoms with Crippen LogP contribution in [0.25, 0.3) is 0 Å². The van der Waals surface area contributed by atoms with Gasteiger partial charge in [-0.15, -0.1) is 0 Å². The van der Waals surface area contributed by atoms with Crippen LogP contribution in [0.2, 0.25) is 0 Å². The van der Waals surface area contributed by atoms with Crippen molar-refractivity contribution in [3.8, 4) is 0 Å². The molecule has 3 rings (SSSR count). The summed E-state index contributed by atoms with van der Waals surface area (Å²) in [6.45, 7) is 4.78. The predicted octanol–water partition coefficient (Wildman–Crippen LogP) is 2.35. The van der Waals surface area contributed by atoms with E-state index in [0.717, 1.165) is 28.9 Å². The van der Waals surface area contributed by atoms with Crippen LogP contribution in [-0.4, -0.2) is 41.2 Å². The fourth-order valence-corrected chi connectivity index (χ4v) is 3.99. The Kier molecular flexibility index (Phi) is 5.82. The largest absolute Gasteiger partial charge is 0.454 e. The number of benzene rings is 1. The number of fused-ring (bicyclic) bond motifs is 1. The van der Waals surface area contributed by atoms with Crippen LogP contribution in [0.5, 0.6) is 0 Å². The van der Waals surface area contributed by atoms with Crippen LogP contribution in [0, 0.1) is 25.7 Å². The fourth-order valence-electron chi connectivity index (χ4n) is 3.99. The Morgan fingerprint density at radius 1 is 1.14 bits per heavy atom. The molecule has 7 heteroatoms. The van der Waals surface area contributed by atoms with Gasteiger partial charge in [-0.05, 0) is 50.8 Å². The van der Waals surface area contributed by atoms with E-state index in [1.54, 1.807) is 0 Å². The summed E-state index contributed by atoms with van der Waals surface area (Å²) in [6.07, 6.45) is 3.22. The molecule has 7 nitrogen and oxygen atoms in total. The van der Waals surface area contributed by atoms with E-state index in [4.69, 9.17) is 4.74 Å². The highest BCUT2D eigenvalue weighted by atomic mass is 16.5. The third-order valence-electron chi connectivity index (χ3n) is 5.62. The molecule has 3 atom stereocenters. The number of esters is 1. The van der Waals surface area contributed by atoms with Crippen molar-refractivity contribution in [3.05, 3.63) is 29.3 Å². The average molecular weight is 386 g/mol. The minimum Gasteiger partial charge on any atom is -0.454 e. The molecular weight excluding hydrogens is 360 g/mol. The first kappa shape index (κ1) is 20.0. The SMILES string of the molecule is Cc1ccc(C)c(NC(=O)COC(=O)[C@H](C)N2C(=O)[C@H]3CCCC[C@@H]3C2=O)c1. The topological polar surface area (TPSA) is 92.8 Å². The lowest BCUT2D eigenvalue weighted by atomic mass is 9.81. The normalized spacial score (nSPS) is 22.6. The molecular formula is C21H26N2O5. The molecule has 1 saturated carbocycles. The summed E-state index contributed by atoms with van der Waals surface area (Å²) in [5, 5.41) is 2.71. The number of likely N-dealkylation sites (tertiary alicyclic amines) is 1. The van der Waals surface area contributed by atoms with Crippen molar-refractivity contribution in [3.63, 3.8) is 0 Å². The molecule has 0 radical (unpaired) electrons. The van der Waals surface area contributed by atoms with Crippen LogP contribution in [-0.2, 0) is 23.9 Å². The lowest BCUT2D eigenvalue weighted by Crippen LogP contribution is -2.45. The van der Waals surface area contributed by atoms with Gasteiger partial charge in [0.25, 0.3) is 5.91 Å². The number of aryl methyl sites for hydroxylation is 2. The molecule has 2 aliphatic rings. The molecule has 1 N–H and O–H groups in total. The van der Waals surface area contributed by atoms with Gasteiger partial charge in [0.1, 0.15) is 6.04 Å². The number of nitrogens with zero attached hydrogens (tertiary/aromatic N) is 1. The first-order valence-electron chi connectivity index (χ1n) is 9.70. The van der Waals surface area contributed by atoms with E-state index >= 15 is 0 Å². The highest BCUT2D eigenvalue weighted by Gasteiger charge is 2.51. The molecule has 28 heavy (non-hydrogen) atoms. The van der Waals surface area contributed by atoms with E-state index in [1.165, 1.54) is 6.92 Å². The van der Waals surface area contributed by atoms with Gasteiger partial charge >= 0.3 is 5.97 Å². The number of carbonyl (C=O) groups excluding carboxylic acids is 4. The number of ether oxygens (including phenoxy) is 1. The number of rotatable bonds is 5. The molecule has 3 amide bonds. The Balaban J connectivity index is 1.57. The standard InChI is InChI=1S/C21H26N2O5/c1-12-8-9-13(2)17(10-12)22-18(24)11-28-21(27)14(3)23-19(25)15-6-4-5-7-16(15)20(23)26/h8-10,14-16H,4-7,11H2,1-3H3,(H,22,24)/t14-,15-,16-/m0/s1. The third kappa shape index (κ3) is 3.93. The zero-order chi connectivity index (χ0) is 20.4. The van der Waals surface area contributed by atoms with E-state index in [-0.39, 0.29) is 23.7 Å². The van der Waals surface area contributed by atoms with E-state index in [1.807, 2.05) is 32.0 Å². The first-order chi connectivity index (χ1) is 13.3. The molecule has 2 fully saturated rings. The molecule has 150 valence electrons. The van der Waals surface area contributed by atoms with Gasteiger partial charge in [0.2, 0.25) is 11.8 Å². The van der Waals surface area contributed by atoms with Gasteiger partial charge in [0.05, 0.1) is 11.8 Å². The minimum absolute atomic E-state index is 0.293. The van der Waals surface area contributed by atoms with Crippen LogP contribution in [0.15, 0.2) is 18.2 Å². The van der Waals surface area contributed by atoms with E-state index < -0.39 is 24.5 Å². The Morgan fingerprint density at radius 2 is 1.75 bits per heavy atom. The second-order valence-electron chi connectivity index (χ2n) is 7.69. The average Bonchev–Trinajstić information content (AvgIpc) is 2.93. The van der Waals surface area contributed by atoms with Crippen molar-refractivity contribution in [1.82, 2.24) is 4.90 Å². The van der Waals surface area contributed by atoms with Gasteiger partial charge in [0.15, 0.2) is 6.61 Å². The zero-order valence-electron chi connectivity index (χ0n) is 16.5. The number of hydrogen-bond donors (Lipinski definition) is 1. The van der Waals surface area contributed by atoms with E-state index in [2.05, 4.69) is 5.32 Å². The minimum atomic E-state index is -1.03. The molecule has 1 aromatic rings. The van der Waals surface area contributed by atoms with Gasteiger partial charge < -0.3 is 10.1 Å². The maximum atomic E-state index is 12.6. The molecule has 1 aliphatic heterocycles. The van der Waals surface area contributed by atoms with Crippen molar-refractivity contribution in [2.24, 2.45) is 11.8 Å². The van der Waals surface area contributed by atoms with Gasteiger partial charge in [0, 0.05) is 5.69 Å². The third-order valence-corrected chi connectivity index (χ3v) is 5.62. The molecule has 1 heterocycles. The molecule has 0 aromatic heterocycles. The van der Waals surface area contributed by atoms with Crippen LogP contribution in [0.3, 0.4) is 0 Å². The number of nitrogens with one attached hydrogen (secondary N) is 1. The summed E-state index contributed by atoms with van der Waals surface area (Å²) >= 11 is 0. The molecule has 1 aliphatic carbocycles. The Labute approximate surface area is 164 Å². The number of hydrogen-bond acceptors (Lipinski definition) is 5. The lowest BCUT2D eigenvalue weighted by Gasteiger charge is -2.21. The van der Waals surface area contributed by atoms with Crippen LogP contribution in [0.1, 0.15) is 43.7 Å². The lowest BCUT2D eigenvalue weighted by molar-refractivity contribution is -0.159. The van der Waals surface area contributed by atoms with Crippen molar-refractivity contribution in [2.45, 2.75) is 52.5 Å². The molecule has 0 unspecified atom stereocenters.